The van der Waals surface area contributed by atoms with Crippen LogP contribution in [0, 0.1) is 0 Å². The molecule has 1 saturated heterocycles. The first-order chi connectivity index (χ1) is 8.33. The molecule has 4 nitrogen and oxygen atoms in total. The van der Waals surface area contributed by atoms with Crippen LogP contribution >= 0.6 is 0 Å². The van der Waals surface area contributed by atoms with Crippen LogP contribution in [-0.4, -0.2) is 38.4 Å². The van der Waals surface area contributed by atoms with Crippen molar-refractivity contribution in [1.29, 1.82) is 0 Å². The van der Waals surface area contributed by atoms with Gasteiger partial charge in [0.25, 0.3) is 0 Å². The summed E-state index contributed by atoms with van der Waals surface area (Å²) >= 11 is 0. The number of esters is 1. The maximum absolute atomic E-state index is 11.1. The molecule has 1 atom stereocenters. The molecule has 0 radical (unpaired) electrons. The number of carbonyl (C=O) groups excluding carboxylic acids is 1. The van der Waals surface area contributed by atoms with Gasteiger partial charge in [-0.15, -0.1) is 0 Å². The number of unbranched alkanes of at least 4 members (excludes halogenated alkanes) is 2. The Morgan fingerprint density at radius 3 is 3.00 bits per heavy atom. The van der Waals surface area contributed by atoms with Crippen LogP contribution < -0.4 is 5.32 Å². The minimum atomic E-state index is -0.0684. The molecule has 1 N–H and O–H groups in total. The maximum Gasteiger partial charge on any atom is 0.305 e. The second-order valence-electron chi connectivity index (χ2n) is 4.48. The first kappa shape index (κ1) is 14.5. The van der Waals surface area contributed by atoms with E-state index in [0.29, 0.717) is 19.1 Å². The molecule has 1 aliphatic heterocycles. The van der Waals surface area contributed by atoms with Crippen molar-refractivity contribution in [2.45, 2.75) is 51.5 Å². The molecule has 17 heavy (non-hydrogen) atoms. The Bertz CT molecular complexity index is 203. The van der Waals surface area contributed by atoms with Crippen molar-refractivity contribution in [2.24, 2.45) is 0 Å². The zero-order valence-electron chi connectivity index (χ0n) is 10.9. The summed E-state index contributed by atoms with van der Waals surface area (Å²) in [6, 6.07) is 0.536. The molecule has 1 rings (SSSR count). The average molecular weight is 243 g/mol. The molecule has 0 aliphatic carbocycles. The predicted molar refractivity (Wildman–Crippen MR) is 66.9 cm³/mol. The lowest BCUT2D eigenvalue weighted by atomic mass is 10.1. The summed E-state index contributed by atoms with van der Waals surface area (Å²) in [6.07, 6.45) is 6.08. The molecule has 1 unspecified atom stereocenters. The third kappa shape index (κ3) is 7.34. The van der Waals surface area contributed by atoms with Crippen molar-refractivity contribution >= 4 is 5.97 Å². The summed E-state index contributed by atoms with van der Waals surface area (Å²) in [7, 11) is 0. The van der Waals surface area contributed by atoms with Gasteiger partial charge in [-0.2, -0.15) is 0 Å². The van der Waals surface area contributed by atoms with Crippen LogP contribution in [0.25, 0.3) is 0 Å². The largest absolute Gasteiger partial charge is 0.466 e. The average Bonchev–Trinajstić information content (AvgIpc) is 2.35. The molecule has 0 spiro atoms. The smallest absolute Gasteiger partial charge is 0.305 e. The molecule has 0 aromatic rings. The monoisotopic (exact) mass is 243 g/mol. The van der Waals surface area contributed by atoms with Crippen LogP contribution in [0.5, 0.6) is 0 Å². The third-order valence-electron chi connectivity index (χ3n) is 2.96. The summed E-state index contributed by atoms with van der Waals surface area (Å²) in [5, 5.41) is 3.49. The highest BCUT2D eigenvalue weighted by atomic mass is 16.5. The van der Waals surface area contributed by atoms with Gasteiger partial charge in [-0.05, 0) is 39.2 Å². The fourth-order valence-electron chi connectivity index (χ4n) is 2.01. The van der Waals surface area contributed by atoms with Gasteiger partial charge in [0.15, 0.2) is 0 Å². The Kier molecular flexibility index (Phi) is 8.01. The first-order valence-corrected chi connectivity index (χ1v) is 6.79. The van der Waals surface area contributed by atoms with Crippen LogP contribution in [-0.2, 0) is 14.3 Å². The van der Waals surface area contributed by atoms with Crippen LogP contribution in [0.15, 0.2) is 0 Å². The van der Waals surface area contributed by atoms with Gasteiger partial charge in [0.1, 0.15) is 0 Å². The minimum absolute atomic E-state index is 0.0684. The van der Waals surface area contributed by atoms with Gasteiger partial charge in [0.05, 0.1) is 13.2 Å². The molecule has 4 heteroatoms. The maximum atomic E-state index is 11.1. The quantitative estimate of drug-likeness (QED) is 0.522. The van der Waals surface area contributed by atoms with Crippen molar-refractivity contribution in [1.82, 2.24) is 5.32 Å². The second kappa shape index (κ2) is 9.42. The van der Waals surface area contributed by atoms with E-state index >= 15 is 0 Å². The lowest BCUT2D eigenvalue weighted by Gasteiger charge is -2.23. The van der Waals surface area contributed by atoms with Crippen molar-refractivity contribution in [2.75, 3.05) is 26.4 Å². The van der Waals surface area contributed by atoms with Gasteiger partial charge >= 0.3 is 5.97 Å². The summed E-state index contributed by atoms with van der Waals surface area (Å²) in [6.45, 7) is 5.12. The number of ether oxygens (including phenoxy) is 2. The molecule has 0 bridgehead atoms. The Hall–Kier alpha value is -0.610. The topological polar surface area (TPSA) is 47.6 Å². The van der Waals surface area contributed by atoms with Crippen molar-refractivity contribution < 1.29 is 14.3 Å². The normalized spacial score (nSPS) is 20.2. The van der Waals surface area contributed by atoms with Gasteiger partial charge in [-0.25, -0.2) is 0 Å². The minimum Gasteiger partial charge on any atom is -0.466 e. The highest BCUT2D eigenvalue weighted by Crippen LogP contribution is 2.06. The van der Waals surface area contributed by atoms with E-state index in [1.807, 2.05) is 6.92 Å². The number of rotatable bonds is 8. The molecule has 0 saturated carbocycles. The Morgan fingerprint density at radius 2 is 2.29 bits per heavy atom. The summed E-state index contributed by atoms with van der Waals surface area (Å²) < 4.78 is 10.3. The Morgan fingerprint density at radius 1 is 1.41 bits per heavy atom. The molecule has 0 aromatic heterocycles. The number of carbonyl (C=O) groups is 1. The van der Waals surface area contributed by atoms with Gasteiger partial charge in [0.2, 0.25) is 0 Å². The van der Waals surface area contributed by atoms with Crippen LogP contribution in [0.2, 0.25) is 0 Å². The van der Waals surface area contributed by atoms with Gasteiger partial charge in [0, 0.05) is 19.1 Å². The van der Waals surface area contributed by atoms with Crippen LogP contribution in [0.4, 0.5) is 0 Å². The van der Waals surface area contributed by atoms with E-state index in [2.05, 4.69) is 5.32 Å². The highest BCUT2D eigenvalue weighted by molar-refractivity contribution is 5.69. The fraction of sp³-hybridized carbons (Fsp3) is 0.923. The van der Waals surface area contributed by atoms with Gasteiger partial charge < -0.3 is 14.8 Å². The molecule has 0 amide bonds. The van der Waals surface area contributed by atoms with E-state index in [0.717, 1.165) is 39.0 Å². The van der Waals surface area contributed by atoms with E-state index in [9.17, 15) is 4.79 Å². The molecular weight excluding hydrogens is 218 g/mol. The number of hydrogen-bond donors (Lipinski definition) is 1. The van der Waals surface area contributed by atoms with Gasteiger partial charge in [-0.1, -0.05) is 6.42 Å². The number of hydrogen-bond acceptors (Lipinski definition) is 4. The van der Waals surface area contributed by atoms with E-state index in [4.69, 9.17) is 9.47 Å². The van der Waals surface area contributed by atoms with Crippen molar-refractivity contribution in [3.63, 3.8) is 0 Å². The Labute approximate surface area is 104 Å². The SMILES string of the molecule is CCOC(=O)CCCCCNC1CCCOC1. The van der Waals surface area contributed by atoms with Crippen molar-refractivity contribution in [3.8, 4) is 0 Å². The lowest BCUT2D eigenvalue weighted by Crippen LogP contribution is -2.37. The Balaban J connectivity index is 1.85. The second-order valence-corrected chi connectivity index (χ2v) is 4.48. The number of nitrogens with one attached hydrogen (secondary N) is 1. The molecule has 1 heterocycles. The van der Waals surface area contributed by atoms with E-state index in [-0.39, 0.29) is 5.97 Å². The van der Waals surface area contributed by atoms with E-state index < -0.39 is 0 Å². The summed E-state index contributed by atoms with van der Waals surface area (Å²) in [4.78, 5) is 11.1. The van der Waals surface area contributed by atoms with E-state index in [1.54, 1.807) is 0 Å². The third-order valence-corrected chi connectivity index (χ3v) is 2.96. The van der Waals surface area contributed by atoms with Gasteiger partial charge in [-0.3, -0.25) is 4.79 Å². The molecule has 1 aliphatic rings. The fourth-order valence-corrected chi connectivity index (χ4v) is 2.01. The van der Waals surface area contributed by atoms with Crippen molar-refractivity contribution in [3.05, 3.63) is 0 Å². The van der Waals surface area contributed by atoms with E-state index in [1.165, 1.54) is 12.8 Å². The predicted octanol–water partition coefficient (Wildman–Crippen LogP) is 1.88. The molecular formula is C13H25NO3. The summed E-state index contributed by atoms with van der Waals surface area (Å²) in [5.41, 5.74) is 0. The zero-order valence-corrected chi connectivity index (χ0v) is 10.9. The lowest BCUT2D eigenvalue weighted by molar-refractivity contribution is -0.143. The first-order valence-electron chi connectivity index (χ1n) is 6.79. The highest BCUT2D eigenvalue weighted by Gasteiger charge is 2.12. The molecule has 100 valence electrons. The van der Waals surface area contributed by atoms with Crippen LogP contribution in [0.3, 0.4) is 0 Å². The molecule has 1 fully saturated rings. The summed E-state index contributed by atoms with van der Waals surface area (Å²) in [5.74, 6) is -0.0684. The van der Waals surface area contributed by atoms with Crippen LogP contribution in [0.1, 0.15) is 45.4 Å². The standard InChI is InChI=1S/C13H25NO3/c1-2-17-13(15)8-4-3-5-9-14-12-7-6-10-16-11-12/h12,14H,2-11H2,1H3. The zero-order chi connectivity index (χ0) is 12.3. The molecule has 0 aromatic carbocycles.